The number of aryl methyl sites for hydroxylation is 2. The van der Waals surface area contributed by atoms with E-state index in [9.17, 15) is 4.79 Å². The van der Waals surface area contributed by atoms with Gasteiger partial charge in [0.1, 0.15) is 10.8 Å². The lowest BCUT2D eigenvalue weighted by molar-refractivity contribution is -0.113. The van der Waals surface area contributed by atoms with Crippen molar-refractivity contribution in [3.05, 3.63) is 65.7 Å². The van der Waals surface area contributed by atoms with Crippen LogP contribution in [0.2, 0.25) is 0 Å². The van der Waals surface area contributed by atoms with E-state index in [1.54, 1.807) is 13.2 Å². The highest BCUT2D eigenvalue weighted by Gasteiger charge is 2.08. The van der Waals surface area contributed by atoms with Gasteiger partial charge in [0.05, 0.1) is 18.6 Å². The van der Waals surface area contributed by atoms with Crippen LogP contribution in [0.1, 0.15) is 11.1 Å². The number of carbonyl (C=O) groups excluding carboxylic acids is 1. The number of thioether (sulfide) groups is 1. The maximum absolute atomic E-state index is 12.1. The first-order valence-electron chi connectivity index (χ1n) is 8.53. The standard InChI is InChI=1S/C21H21N3O2S/c1-14-7-8-15(2)18(11-14)19-9-10-21(24-23-19)27-13-20(25)22-16-5-4-6-17(12-16)26-3/h4-12H,13H2,1-3H3,(H,22,25). The summed E-state index contributed by atoms with van der Waals surface area (Å²) in [6.45, 7) is 4.11. The third-order valence-corrected chi connectivity index (χ3v) is 4.93. The molecule has 0 radical (unpaired) electrons. The van der Waals surface area contributed by atoms with E-state index in [1.165, 1.54) is 17.3 Å². The minimum absolute atomic E-state index is 0.103. The highest BCUT2D eigenvalue weighted by molar-refractivity contribution is 7.99. The van der Waals surface area contributed by atoms with Gasteiger partial charge < -0.3 is 10.1 Å². The first-order valence-corrected chi connectivity index (χ1v) is 9.52. The Hall–Kier alpha value is -2.86. The molecule has 2 aromatic carbocycles. The first-order chi connectivity index (χ1) is 13.0. The number of rotatable bonds is 6. The highest BCUT2D eigenvalue weighted by Crippen LogP contribution is 2.24. The molecular weight excluding hydrogens is 358 g/mol. The summed E-state index contributed by atoms with van der Waals surface area (Å²) in [6.07, 6.45) is 0. The molecular formula is C21H21N3O2S. The van der Waals surface area contributed by atoms with Crippen molar-refractivity contribution in [3.8, 4) is 17.0 Å². The third-order valence-electron chi connectivity index (χ3n) is 4.01. The van der Waals surface area contributed by atoms with Gasteiger partial charge in [0.25, 0.3) is 0 Å². The van der Waals surface area contributed by atoms with Crippen LogP contribution in [-0.2, 0) is 4.79 Å². The second kappa shape index (κ2) is 8.68. The summed E-state index contributed by atoms with van der Waals surface area (Å²) in [5.41, 5.74) is 4.96. The van der Waals surface area contributed by atoms with Gasteiger partial charge >= 0.3 is 0 Å². The number of carbonyl (C=O) groups is 1. The van der Waals surface area contributed by atoms with Crippen LogP contribution in [0.25, 0.3) is 11.3 Å². The zero-order valence-electron chi connectivity index (χ0n) is 15.5. The van der Waals surface area contributed by atoms with Crippen molar-refractivity contribution in [2.24, 2.45) is 0 Å². The number of benzene rings is 2. The molecule has 0 spiro atoms. The fourth-order valence-corrected chi connectivity index (χ4v) is 3.20. The van der Waals surface area contributed by atoms with Gasteiger partial charge in [-0.3, -0.25) is 4.79 Å². The van der Waals surface area contributed by atoms with E-state index in [0.717, 1.165) is 16.8 Å². The molecule has 138 valence electrons. The van der Waals surface area contributed by atoms with Crippen LogP contribution < -0.4 is 10.1 Å². The Morgan fingerprint density at radius 1 is 1.07 bits per heavy atom. The lowest BCUT2D eigenvalue weighted by Gasteiger charge is -2.08. The molecule has 3 rings (SSSR count). The van der Waals surface area contributed by atoms with E-state index >= 15 is 0 Å². The molecule has 1 amide bonds. The number of nitrogens with one attached hydrogen (secondary N) is 1. The summed E-state index contributed by atoms with van der Waals surface area (Å²) in [5.74, 6) is 0.858. The largest absolute Gasteiger partial charge is 0.497 e. The van der Waals surface area contributed by atoms with Crippen LogP contribution in [0.15, 0.2) is 59.6 Å². The Kier molecular flexibility index (Phi) is 6.08. The molecule has 1 aromatic heterocycles. The van der Waals surface area contributed by atoms with E-state index in [4.69, 9.17) is 4.74 Å². The van der Waals surface area contributed by atoms with Crippen molar-refractivity contribution in [1.29, 1.82) is 0 Å². The highest BCUT2D eigenvalue weighted by atomic mass is 32.2. The summed E-state index contributed by atoms with van der Waals surface area (Å²) >= 11 is 1.35. The van der Waals surface area contributed by atoms with E-state index in [2.05, 4.69) is 47.6 Å². The van der Waals surface area contributed by atoms with Gasteiger partial charge in [0, 0.05) is 17.3 Å². The molecule has 0 saturated carbocycles. The second-order valence-corrected chi connectivity index (χ2v) is 7.14. The van der Waals surface area contributed by atoms with Gasteiger partial charge in [-0.25, -0.2) is 0 Å². The molecule has 0 aliphatic rings. The molecule has 5 nitrogen and oxygen atoms in total. The molecule has 0 saturated heterocycles. The van der Waals surface area contributed by atoms with Gasteiger partial charge in [0.15, 0.2) is 0 Å². The number of hydrogen-bond donors (Lipinski definition) is 1. The molecule has 1 N–H and O–H groups in total. The maximum atomic E-state index is 12.1. The molecule has 0 unspecified atom stereocenters. The Balaban J connectivity index is 1.60. The third kappa shape index (κ3) is 5.08. The quantitative estimate of drug-likeness (QED) is 0.639. The van der Waals surface area contributed by atoms with Crippen LogP contribution in [0.5, 0.6) is 5.75 Å². The lowest BCUT2D eigenvalue weighted by atomic mass is 10.0. The fraction of sp³-hybridized carbons (Fsp3) is 0.190. The van der Waals surface area contributed by atoms with Crippen molar-refractivity contribution >= 4 is 23.4 Å². The molecule has 0 atom stereocenters. The van der Waals surface area contributed by atoms with Gasteiger partial charge in [-0.15, -0.1) is 10.2 Å². The molecule has 0 fully saturated rings. The molecule has 3 aromatic rings. The van der Waals surface area contributed by atoms with Gasteiger partial charge in [-0.05, 0) is 49.7 Å². The SMILES string of the molecule is COc1cccc(NC(=O)CSc2ccc(-c3cc(C)ccc3C)nn2)c1. The molecule has 6 heteroatoms. The zero-order valence-corrected chi connectivity index (χ0v) is 16.3. The Morgan fingerprint density at radius 2 is 1.93 bits per heavy atom. The lowest BCUT2D eigenvalue weighted by Crippen LogP contribution is -2.14. The number of anilines is 1. The minimum atomic E-state index is -0.103. The van der Waals surface area contributed by atoms with Crippen LogP contribution in [0.4, 0.5) is 5.69 Å². The second-order valence-electron chi connectivity index (χ2n) is 6.14. The van der Waals surface area contributed by atoms with E-state index < -0.39 is 0 Å². The van der Waals surface area contributed by atoms with Gasteiger partial charge in [-0.1, -0.05) is 35.5 Å². The van der Waals surface area contributed by atoms with Crippen LogP contribution >= 0.6 is 11.8 Å². The van der Waals surface area contributed by atoms with Gasteiger partial charge in [0.2, 0.25) is 5.91 Å². The van der Waals surface area contributed by atoms with Gasteiger partial charge in [-0.2, -0.15) is 0 Å². The maximum Gasteiger partial charge on any atom is 0.234 e. The van der Waals surface area contributed by atoms with Crippen LogP contribution in [-0.4, -0.2) is 29.0 Å². The van der Waals surface area contributed by atoms with Crippen molar-refractivity contribution in [1.82, 2.24) is 10.2 Å². The smallest absolute Gasteiger partial charge is 0.234 e. The monoisotopic (exact) mass is 379 g/mol. The van der Waals surface area contributed by atoms with Crippen molar-refractivity contribution in [3.63, 3.8) is 0 Å². The normalized spacial score (nSPS) is 10.5. The Bertz CT molecular complexity index is 942. The first kappa shape index (κ1) is 18.9. The van der Waals surface area contributed by atoms with E-state index in [0.29, 0.717) is 16.5 Å². The molecule has 0 aliphatic heterocycles. The summed E-state index contributed by atoms with van der Waals surface area (Å²) in [5, 5.41) is 12.1. The summed E-state index contributed by atoms with van der Waals surface area (Å²) < 4.78 is 5.15. The number of methoxy groups -OCH3 is 1. The van der Waals surface area contributed by atoms with Crippen molar-refractivity contribution < 1.29 is 9.53 Å². The number of aromatic nitrogens is 2. The molecule has 0 bridgehead atoms. The molecule has 1 heterocycles. The average Bonchev–Trinajstić information content (AvgIpc) is 2.69. The topological polar surface area (TPSA) is 64.1 Å². The number of nitrogens with zero attached hydrogens (tertiary/aromatic N) is 2. The Labute approximate surface area is 163 Å². The van der Waals surface area contributed by atoms with E-state index in [1.807, 2.05) is 30.3 Å². The number of ether oxygens (including phenoxy) is 1. The number of hydrogen-bond acceptors (Lipinski definition) is 5. The summed E-state index contributed by atoms with van der Waals surface area (Å²) in [4.78, 5) is 12.1. The van der Waals surface area contributed by atoms with E-state index in [-0.39, 0.29) is 11.7 Å². The summed E-state index contributed by atoms with van der Waals surface area (Å²) in [7, 11) is 1.59. The zero-order chi connectivity index (χ0) is 19.2. The van der Waals surface area contributed by atoms with Crippen LogP contribution in [0, 0.1) is 13.8 Å². The summed E-state index contributed by atoms with van der Waals surface area (Å²) in [6, 6.07) is 17.4. The van der Waals surface area contributed by atoms with Crippen molar-refractivity contribution in [2.75, 3.05) is 18.2 Å². The molecule has 0 aliphatic carbocycles. The predicted octanol–water partition coefficient (Wildman–Crippen LogP) is 4.50. The fourth-order valence-electron chi connectivity index (χ4n) is 2.59. The average molecular weight is 379 g/mol. The number of amides is 1. The minimum Gasteiger partial charge on any atom is -0.497 e. The van der Waals surface area contributed by atoms with Crippen molar-refractivity contribution in [2.45, 2.75) is 18.9 Å². The Morgan fingerprint density at radius 3 is 2.67 bits per heavy atom. The predicted molar refractivity (Wildman–Crippen MR) is 109 cm³/mol. The molecule has 27 heavy (non-hydrogen) atoms. The van der Waals surface area contributed by atoms with Crippen LogP contribution in [0.3, 0.4) is 0 Å².